The molecule has 25 heavy (non-hydrogen) atoms. The van der Waals surface area contributed by atoms with Crippen LogP contribution < -0.4 is 16.0 Å². The van der Waals surface area contributed by atoms with Crippen molar-refractivity contribution in [1.29, 1.82) is 0 Å². The van der Waals surface area contributed by atoms with Gasteiger partial charge >= 0.3 is 0 Å². The van der Waals surface area contributed by atoms with Crippen molar-refractivity contribution < 1.29 is 14.4 Å². The topological polar surface area (TPSA) is 87.3 Å². The molecule has 3 N–H and O–H groups in total. The molecule has 0 saturated heterocycles. The zero-order chi connectivity index (χ0) is 18.2. The molecule has 1 heterocycles. The van der Waals surface area contributed by atoms with Gasteiger partial charge in [0, 0.05) is 29.5 Å². The fourth-order valence-electron chi connectivity index (χ4n) is 2.82. The molecular formula is C19H19N3O3. The Kier molecular flexibility index (Phi) is 4.04. The summed E-state index contributed by atoms with van der Waals surface area (Å²) in [6.07, 6.45) is 0. The van der Waals surface area contributed by atoms with Gasteiger partial charge in [-0.15, -0.1) is 0 Å². The first-order valence-corrected chi connectivity index (χ1v) is 7.92. The first-order valence-electron chi connectivity index (χ1n) is 7.92. The number of hydrogen-bond donors (Lipinski definition) is 3. The van der Waals surface area contributed by atoms with Crippen LogP contribution in [0.2, 0.25) is 0 Å². The van der Waals surface area contributed by atoms with Gasteiger partial charge in [-0.3, -0.25) is 14.4 Å². The molecule has 0 fully saturated rings. The first-order chi connectivity index (χ1) is 11.8. The normalized spacial score (nSPS) is 14.4. The van der Waals surface area contributed by atoms with E-state index in [1.165, 1.54) is 6.92 Å². The Morgan fingerprint density at radius 2 is 1.68 bits per heavy atom. The van der Waals surface area contributed by atoms with Crippen molar-refractivity contribution in [2.75, 3.05) is 16.0 Å². The van der Waals surface area contributed by atoms with E-state index in [0.717, 1.165) is 5.56 Å². The quantitative estimate of drug-likeness (QED) is 0.804. The van der Waals surface area contributed by atoms with Crippen LogP contribution in [0.1, 0.15) is 36.7 Å². The Hall–Kier alpha value is -3.15. The van der Waals surface area contributed by atoms with Crippen molar-refractivity contribution in [3.05, 3.63) is 53.6 Å². The lowest BCUT2D eigenvalue weighted by Gasteiger charge is -2.15. The molecule has 3 rings (SSSR count). The van der Waals surface area contributed by atoms with Crippen LogP contribution in [0.5, 0.6) is 0 Å². The Bertz CT molecular complexity index is 887. The van der Waals surface area contributed by atoms with Crippen molar-refractivity contribution in [1.82, 2.24) is 0 Å². The second-order valence-electron chi connectivity index (χ2n) is 6.56. The number of carbonyl (C=O) groups excluding carboxylic acids is 3. The number of carbonyl (C=O) groups is 3. The maximum atomic E-state index is 12.5. The Morgan fingerprint density at radius 3 is 2.36 bits per heavy atom. The molecule has 0 saturated carbocycles. The van der Waals surface area contributed by atoms with Gasteiger partial charge in [-0.05, 0) is 49.7 Å². The van der Waals surface area contributed by atoms with Crippen molar-refractivity contribution in [2.24, 2.45) is 0 Å². The highest BCUT2D eigenvalue weighted by Gasteiger charge is 2.38. The van der Waals surface area contributed by atoms with Gasteiger partial charge in [0.05, 0.1) is 5.41 Å². The molecule has 0 unspecified atom stereocenters. The lowest BCUT2D eigenvalue weighted by molar-refractivity contribution is -0.119. The summed E-state index contributed by atoms with van der Waals surface area (Å²) in [5.74, 6) is -0.551. The van der Waals surface area contributed by atoms with Gasteiger partial charge in [-0.1, -0.05) is 12.1 Å². The number of rotatable bonds is 3. The summed E-state index contributed by atoms with van der Waals surface area (Å²) >= 11 is 0. The Balaban J connectivity index is 1.80. The van der Waals surface area contributed by atoms with E-state index in [0.29, 0.717) is 22.6 Å². The van der Waals surface area contributed by atoms with E-state index in [9.17, 15) is 14.4 Å². The van der Waals surface area contributed by atoms with Crippen molar-refractivity contribution in [3.63, 3.8) is 0 Å². The average Bonchev–Trinajstić information content (AvgIpc) is 2.76. The van der Waals surface area contributed by atoms with Gasteiger partial charge in [0.25, 0.3) is 5.91 Å². The molecule has 2 aromatic carbocycles. The largest absolute Gasteiger partial charge is 0.326 e. The summed E-state index contributed by atoms with van der Waals surface area (Å²) in [7, 11) is 0. The van der Waals surface area contributed by atoms with Gasteiger partial charge in [0.15, 0.2) is 0 Å². The summed E-state index contributed by atoms with van der Waals surface area (Å²) < 4.78 is 0. The van der Waals surface area contributed by atoms with Crippen LogP contribution in [0.15, 0.2) is 42.5 Å². The minimum absolute atomic E-state index is 0.0805. The molecule has 128 valence electrons. The van der Waals surface area contributed by atoms with E-state index < -0.39 is 5.41 Å². The van der Waals surface area contributed by atoms with E-state index in [-0.39, 0.29) is 17.7 Å². The van der Waals surface area contributed by atoms with Crippen molar-refractivity contribution in [2.45, 2.75) is 26.2 Å². The number of amides is 3. The monoisotopic (exact) mass is 337 g/mol. The van der Waals surface area contributed by atoms with Gasteiger partial charge < -0.3 is 16.0 Å². The molecule has 1 aliphatic heterocycles. The van der Waals surface area contributed by atoms with Crippen molar-refractivity contribution >= 4 is 34.8 Å². The van der Waals surface area contributed by atoms with Gasteiger partial charge in [0.1, 0.15) is 0 Å². The molecular weight excluding hydrogens is 318 g/mol. The zero-order valence-corrected chi connectivity index (χ0v) is 14.3. The number of anilines is 3. The summed E-state index contributed by atoms with van der Waals surface area (Å²) in [5.41, 5.74) is 2.56. The molecule has 3 amide bonds. The summed E-state index contributed by atoms with van der Waals surface area (Å²) in [5, 5.41) is 8.27. The second-order valence-corrected chi connectivity index (χ2v) is 6.56. The molecule has 0 atom stereocenters. The third-order valence-corrected chi connectivity index (χ3v) is 4.21. The SMILES string of the molecule is CC(=O)Nc1cccc(NC(=O)c2ccc3c(c2)NC(=O)C3(C)C)c1. The summed E-state index contributed by atoms with van der Waals surface area (Å²) in [6.45, 7) is 5.12. The molecule has 0 aromatic heterocycles. The first kappa shape index (κ1) is 16.7. The molecule has 0 spiro atoms. The predicted molar refractivity (Wildman–Crippen MR) is 96.8 cm³/mol. The van der Waals surface area contributed by atoms with Crippen LogP contribution in [0.3, 0.4) is 0 Å². The summed E-state index contributed by atoms with van der Waals surface area (Å²) in [6, 6.07) is 12.1. The van der Waals surface area contributed by atoms with E-state index in [2.05, 4.69) is 16.0 Å². The third kappa shape index (κ3) is 3.24. The highest BCUT2D eigenvalue weighted by Crippen LogP contribution is 2.37. The molecule has 0 bridgehead atoms. The molecule has 6 nitrogen and oxygen atoms in total. The van der Waals surface area contributed by atoms with Crippen LogP contribution in [0.25, 0.3) is 0 Å². The van der Waals surface area contributed by atoms with Crippen LogP contribution in [0, 0.1) is 0 Å². The van der Waals surface area contributed by atoms with E-state index in [1.807, 2.05) is 13.8 Å². The smallest absolute Gasteiger partial charge is 0.255 e. The molecule has 0 aliphatic carbocycles. The predicted octanol–water partition coefficient (Wildman–Crippen LogP) is 3.13. The average molecular weight is 337 g/mol. The molecule has 0 radical (unpaired) electrons. The zero-order valence-electron chi connectivity index (χ0n) is 14.3. The fourth-order valence-corrected chi connectivity index (χ4v) is 2.82. The van der Waals surface area contributed by atoms with Gasteiger partial charge in [-0.25, -0.2) is 0 Å². The Morgan fingerprint density at radius 1 is 1.00 bits per heavy atom. The third-order valence-electron chi connectivity index (χ3n) is 4.21. The number of benzene rings is 2. The Labute approximate surface area is 145 Å². The van der Waals surface area contributed by atoms with E-state index >= 15 is 0 Å². The standard InChI is InChI=1S/C19H19N3O3/c1-11(23)20-13-5-4-6-14(10-13)21-17(24)12-7-8-15-16(9-12)22-18(25)19(15,2)3/h4-10H,1-3H3,(H,20,23)(H,21,24)(H,22,25). The van der Waals surface area contributed by atoms with Crippen molar-refractivity contribution in [3.8, 4) is 0 Å². The maximum absolute atomic E-state index is 12.5. The van der Waals surface area contributed by atoms with Gasteiger partial charge in [0.2, 0.25) is 11.8 Å². The minimum atomic E-state index is -0.600. The summed E-state index contributed by atoms with van der Waals surface area (Å²) in [4.78, 5) is 35.6. The van der Waals surface area contributed by atoms with Crippen LogP contribution in [0.4, 0.5) is 17.1 Å². The van der Waals surface area contributed by atoms with Crippen LogP contribution in [-0.4, -0.2) is 17.7 Å². The lowest BCUT2D eigenvalue weighted by Crippen LogP contribution is -2.26. The molecule has 6 heteroatoms. The van der Waals surface area contributed by atoms with Crippen LogP contribution >= 0.6 is 0 Å². The van der Waals surface area contributed by atoms with E-state index in [4.69, 9.17) is 0 Å². The lowest BCUT2D eigenvalue weighted by atomic mass is 9.86. The van der Waals surface area contributed by atoms with Gasteiger partial charge in [-0.2, -0.15) is 0 Å². The highest BCUT2D eigenvalue weighted by atomic mass is 16.2. The number of nitrogens with one attached hydrogen (secondary N) is 3. The number of fused-ring (bicyclic) bond motifs is 1. The molecule has 1 aliphatic rings. The minimum Gasteiger partial charge on any atom is -0.326 e. The fraction of sp³-hybridized carbons (Fsp3) is 0.211. The highest BCUT2D eigenvalue weighted by molar-refractivity contribution is 6.09. The van der Waals surface area contributed by atoms with Crippen LogP contribution in [-0.2, 0) is 15.0 Å². The number of hydrogen-bond acceptors (Lipinski definition) is 3. The van der Waals surface area contributed by atoms with E-state index in [1.54, 1.807) is 42.5 Å². The maximum Gasteiger partial charge on any atom is 0.255 e. The molecule has 2 aromatic rings. The second kappa shape index (κ2) is 6.05.